The first-order valence-electron chi connectivity index (χ1n) is 12.0. The Hall–Kier alpha value is -3.39. The van der Waals surface area contributed by atoms with Gasteiger partial charge in [0.05, 0.1) is 23.2 Å². The Bertz CT molecular complexity index is 1240. The van der Waals surface area contributed by atoms with Crippen LogP contribution in [0, 0.1) is 6.92 Å². The van der Waals surface area contributed by atoms with Crippen LogP contribution in [0.25, 0.3) is 16.9 Å². The SMILES string of the molecule is Cc1cc(-c2cnc3c(NCC(C)(C)O)cc(NC4CC=CC4)nn23)ccc1C(=O)NC1CC1. The molecule has 1 saturated carbocycles. The second-order valence-corrected chi connectivity index (χ2v) is 10.0. The molecule has 0 spiro atoms. The molecule has 4 N–H and O–H groups in total. The zero-order chi connectivity index (χ0) is 23.9. The summed E-state index contributed by atoms with van der Waals surface area (Å²) in [4.78, 5) is 17.2. The van der Waals surface area contributed by atoms with E-state index >= 15 is 0 Å². The lowest BCUT2D eigenvalue weighted by atomic mass is 10.0. The average molecular weight is 461 g/mol. The molecule has 2 aliphatic rings. The Morgan fingerprint density at radius 1 is 1.18 bits per heavy atom. The number of fused-ring (bicyclic) bond motifs is 1. The van der Waals surface area contributed by atoms with Gasteiger partial charge in [-0.3, -0.25) is 4.79 Å². The summed E-state index contributed by atoms with van der Waals surface area (Å²) < 4.78 is 1.83. The zero-order valence-corrected chi connectivity index (χ0v) is 19.9. The minimum absolute atomic E-state index is 0.0161. The predicted octanol–water partition coefficient (Wildman–Crippen LogP) is 3.91. The normalized spacial score (nSPS) is 16.2. The van der Waals surface area contributed by atoms with Crippen molar-refractivity contribution >= 4 is 23.1 Å². The van der Waals surface area contributed by atoms with Gasteiger partial charge in [-0.1, -0.05) is 18.2 Å². The van der Waals surface area contributed by atoms with Crippen LogP contribution in [0.15, 0.2) is 42.6 Å². The fourth-order valence-electron chi connectivity index (χ4n) is 4.19. The van der Waals surface area contributed by atoms with Crippen LogP contribution in [-0.4, -0.2) is 49.8 Å². The van der Waals surface area contributed by atoms with Crippen LogP contribution < -0.4 is 16.0 Å². The molecule has 0 aliphatic heterocycles. The van der Waals surface area contributed by atoms with Crippen molar-refractivity contribution in [1.29, 1.82) is 0 Å². The van der Waals surface area contributed by atoms with Crippen LogP contribution in [0.1, 0.15) is 55.5 Å². The molecule has 1 amide bonds. The molecule has 5 rings (SSSR count). The van der Waals surface area contributed by atoms with Gasteiger partial charge in [0.2, 0.25) is 0 Å². The molecule has 0 bridgehead atoms. The Labute approximate surface area is 199 Å². The number of hydrogen-bond acceptors (Lipinski definition) is 6. The van der Waals surface area contributed by atoms with Gasteiger partial charge in [0.1, 0.15) is 5.82 Å². The van der Waals surface area contributed by atoms with Crippen molar-refractivity contribution in [3.8, 4) is 11.3 Å². The van der Waals surface area contributed by atoms with Crippen molar-refractivity contribution in [2.24, 2.45) is 0 Å². The number of aromatic nitrogens is 3. The lowest BCUT2D eigenvalue weighted by Crippen LogP contribution is -2.29. The maximum absolute atomic E-state index is 12.5. The summed E-state index contributed by atoms with van der Waals surface area (Å²) in [5.41, 5.74) is 4.00. The molecule has 1 fully saturated rings. The molecular formula is C26H32N6O2. The highest BCUT2D eigenvalue weighted by Crippen LogP contribution is 2.29. The van der Waals surface area contributed by atoms with Gasteiger partial charge in [-0.25, -0.2) is 9.50 Å². The quantitative estimate of drug-likeness (QED) is 0.380. The van der Waals surface area contributed by atoms with Gasteiger partial charge in [0.15, 0.2) is 5.65 Å². The summed E-state index contributed by atoms with van der Waals surface area (Å²) in [5, 5.41) is 25.0. The van der Waals surface area contributed by atoms with E-state index in [0.717, 1.165) is 54.0 Å². The molecule has 2 heterocycles. The van der Waals surface area contributed by atoms with Gasteiger partial charge in [0.25, 0.3) is 5.91 Å². The first-order chi connectivity index (χ1) is 16.3. The molecule has 178 valence electrons. The van der Waals surface area contributed by atoms with Crippen molar-refractivity contribution in [2.75, 3.05) is 17.2 Å². The van der Waals surface area contributed by atoms with E-state index in [9.17, 15) is 9.90 Å². The second-order valence-electron chi connectivity index (χ2n) is 10.0. The first kappa shape index (κ1) is 22.4. The summed E-state index contributed by atoms with van der Waals surface area (Å²) in [5.74, 6) is 0.730. The second kappa shape index (κ2) is 8.76. The van der Waals surface area contributed by atoms with Gasteiger partial charge >= 0.3 is 0 Å². The largest absolute Gasteiger partial charge is 0.389 e. The fourth-order valence-corrected chi connectivity index (χ4v) is 4.19. The van der Waals surface area contributed by atoms with E-state index in [1.807, 2.05) is 35.7 Å². The number of nitrogens with one attached hydrogen (secondary N) is 3. The number of aliphatic hydroxyl groups is 1. The van der Waals surface area contributed by atoms with E-state index < -0.39 is 5.60 Å². The molecule has 8 heteroatoms. The minimum Gasteiger partial charge on any atom is -0.389 e. The van der Waals surface area contributed by atoms with E-state index in [0.29, 0.717) is 29.8 Å². The van der Waals surface area contributed by atoms with E-state index in [-0.39, 0.29) is 5.91 Å². The van der Waals surface area contributed by atoms with Crippen molar-refractivity contribution in [1.82, 2.24) is 19.9 Å². The van der Waals surface area contributed by atoms with Gasteiger partial charge in [-0.05, 0) is 64.2 Å². The number of nitrogens with zero attached hydrogens (tertiary/aromatic N) is 3. The van der Waals surface area contributed by atoms with E-state index in [4.69, 9.17) is 5.10 Å². The predicted molar refractivity (Wildman–Crippen MR) is 134 cm³/mol. The monoisotopic (exact) mass is 460 g/mol. The van der Waals surface area contributed by atoms with Crippen LogP contribution in [0.2, 0.25) is 0 Å². The van der Waals surface area contributed by atoms with Crippen molar-refractivity contribution in [3.63, 3.8) is 0 Å². The Morgan fingerprint density at radius 2 is 1.94 bits per heavy atom. The summed E-state index contributed by atoms with van der Waals surface area (Å²) in [6, 6.07) is 8.42. The third kappa shape index (κ3) is 4.92. The number of anilines is 2. The van der Waals surface area contributed by atoms with Crippen LogP contribution in [0.5, 0.6) is 0 Å². The summed E-state index contributed by atoms with van der Waals surface area (Å²) in [6.07, 6.45) is 10.2. The number of hydrogen-bond donors (Lipinski definition) is 4. The summed E-state index contributed by atoms with van der Waals surface area (Å²) in [7, 11) is 0. The van der Waals surface area contributed by atoms with Gasteiger partial charge in [-0.15, -0.1) is 5.10 Å². The lowest BCUT2D eigenvalue weighted by Gasteiger charge is -2.20. The number of benzene rings is 1. The molecule has 3 aromatic rings. The minimum atomic E-state index is -0.868. The molecule has 0 saturated heterocycles. The highest BCUT2D eigenvalue weighted by Gasteiger charge is 2.25. The van der Waals surface area contributed by atoms with E-state index in [1.54, 1.807) is 20.0 Å². The molecule has 0 atom stereocenters. The Morgan fingerprint density at radius 3 is 2.62 bits per heavy atom. The number of carbonyl (C=O) groups is 1. The van der Waals surface area contributed by atoms with Crippen LogP contribution in [-0.2, 0) is 0 Å². The number of amides is 1. The smallest absolute Gasteiger partial charge is 0.251 e. The van der Waals surface area contributed by atoms with E-state index in [2.05, 4.69) is 33.1 Å². The highest BCUT2D eigenvalue weighted by atomic mass is 16.3. The maximum Gasteiger partial charge on any atom is 0.251 e. The summed E-state index contributed by atoms with van der Waals surface area (Å²) >= 11 is 0. The van der Waals surface area contributed by atoms with E-state index in [1.165, 1.54) is 0 Å². The fraction of sp³-hybridized carbons (Fsp3) is 0.423. The number of rotatable bonds is 8. The number of aryl methyl sites for hydroxylation is 1. The van der Waals surface area contributed by atoms with Crippen LogP contribution >= 0.6 is 0 Å². The molecule has 2 aliphatic carbocycles. The molecule has 2 aromatic heterocycles. The molecule has 0 radical (unpaired) electrons. The maximum atomic E-state index is 12.5. The topological polar surface area (TPSA) is 104 Å². The summed E-state index contributed by atoms with van der Waals surface area (Å²) in [6.45, 7) is 5.87. The standard InChI is InChI=1S/C26H32N6O2/c1-16-12-17(8-11-20(16)25(33)30-19-9-10-19)22-14-27-24-21(28-15-26(2,3)34)13-23(31-32(22)24)29-18-6-4-5-7-18/h4-5,8,11-14,18-19,28,34H,6-7,9-10,15H2,1-3H3,(H,29,31)(H,30,33). The van der Waals surface area contributed by atoms with Crippen molar-refractivity contribution in [3.05, 3.63) is 53.7 Å². The molecule has 8 nitrogen and oxygen atoms in total. The number of imidazole rings is 1. The number of carbonyl (C=O) groups excluding carboxylic acids is 1. The molecule has 0 unspecified atom stereocenters. The average Bonchev–Trinajstić information content (AvgIpc) is 3.26. The zero-order valence-electron chi connectivity index (χ0n) is 19.9. The highest BCUT2D eigenvalue weighted by molar-refractivity contribution is 5.96. The Balaban J connectivity index is 1.50. The van der Waals surface area contributed by atoms with Crippen LogP contribution in [0.4, 0.5) is 11.5 Å². The Kier molecular flexibility index (Phi) is 5.77. The van der Waals surface area contributed by atoms with Crippen molar-refractivity contribution in [2.45, 2.75) is 64.1 Å². The van der Waals surface area contributed by atoms with Crippen LogP contribution in [0.3, 0.4) is 0 Å². The van der Waals surface area contributed by atoms with Gasteiger partial charge < -0.3 is 21.1 Å². The lowest BCUT2D eigenvalue weighted by molar-refractivity contribution is 0.0940. The molecule has 34 heavy (non-hydrogen) atoms. The van der Waals surface area contributed by atoms with Gasteiger partial charge in [-0.2, -0.15) is 0 Å². The first-order valence-corrected chi connectivity index (χ1v) is 12.0. The van der Waals surface area contributed by atoms with Crippen molar-refractivity contribution < 1.29 is 9.90 Å². The molecular weight excluding hydrogens is 428 g/mol. The third-order valence-electron chi connectivity index (χ3n) is 6.22. The molecule has 1 aromatic carbocycles. The third-order valence-corrected chi connectivity index (χ3v) is 6.22. The van der Waals surface area contributed by atoms with Gasteiger partial charge in [0, 0.05) is 35.8 Å².